The van der Waals surface area contributed by atoms with E-state index < -0.39 is 0 Å². The molecule has 0 amide bonds. The molecule has 1 heteroatoms. The van der Waals surface area contributed by atoms with Crippen LogP contribution in [-0.2, 0) is 0 Å². The summed E-state index contributed by atoms with van der Waals surface area (Å²) in [7, 11) is 0. The van der Waals surface area contributed by atoms with Crippen molar-refractivity contribution in [2.45, 2.75) is 71.8 Å². The molecule has 0 spiro atoms. The van der Waals surface area contributed by atoms with E-state index in [1.54, 1.807) is 0 Å². The molecule has 0 aromatic carbocycles. The van der Waals surface area contributed by atoms with Gasteiger partial charge in [-0.05, 0) is 18.8 Å². The Morgan fingerprint density at radius 1 is 0.846 bits per heavy atom. The molecule has 2 saturated carbocycles. The van der Waals surface area contributed by atoms with Crippen molar-refractivity contribution in [2.75, 3.05) is 0 Å². The summed E-state index contributed by atoms with van der Waals surface area (Å²) in [4.78, 5) is 0. The van der Waals surface area contributed by atoms with Gasteiger partial charge < -0.3 is 5.73 Å². The minimum Gasteiger partial charge on any atom is -0.327 e. The molecular weight excluding hydrogens is 158 g/mol. The predicted octanol–water partition coefficient (Wildman–Crippen LogP) is 3.72. The maximum atomic E-state index is 5.78. The van der Waals surface area contributed by atoms with Gasteiger partial charge in [-0.25, -0.2) is 0 Å². The van der Waals surface area contributed by atoms with E-state index in [4.69, 9.17) is 5.73 Å². The molecule has 0 heterocycles. The van der Waals surface area contributed by atoms with Gasteiger partial charge in [0.2, 0.25) is 0 Å². The van der Waals surface area contributed by atoms with E-state index in [0.29, 0.717) is 6.04 Å². The third-order valence-electron chi connectivity index (χ3n) is 2.53. The van der Waals surface area contributed by atoms with E-state index in [1.165, 1.54) is 44.9 Å². The average Bonchev–Trinajstić information content (AvgIpc) is 3.00. The summed E-state index contributed by atoms with van der Waals surface area (Å²) >= 11 is 0. The summed E-state index contributed by atoms with van der Waals surface area (Å²) in [5, 5.41) is 0. The highest BCUT2D eigenvalue weighted by Gasteiger charge is 2.15. The second kappa shape index (κ2) is 8.55. The van der Waals surface area contributed by atoms with Crippen molar-refractivity contribution < 1.29 is 0 Å². The summed E-state index contributed by atoms with van der Waals surface area (Å²) in [6.45, 7) is 6.25. The highest BCUT2D eigenvalue weighted by molar-refractivity contribution is 4.73. The van der Waals surface area contributed by atoms with Gasteiger partial charge in [-0.2, -0.15) is 0 Å². The number of hydrogen-bond acceptors (Lipinski definition) is 1. The fourth-order valence-corrected chi connectivity index (χ4v) is 1.34. The summed E-state index contributed by atoms with van der Waals surface area (Å²) in [5.41, 5.74) is 5.78. The fourth-order valence-electron chi connectivity index (χ4n) is 1.34. The van der Waals surface area contributed by atoms with Crippen molar-refractivity contribution in [3.63, 3.8) is 0 Å². The van der Waals surface area contributed by atoms with E-state index in [-0.39, 0.29) is 0 Å². The Morgan fingerprint density at radius 3 is 1.54 bits per heavy atom. The lowest BCUT2D eigenvalue weighted by molar-refractivity contribution is 0.331. The quantitative estimate of drug-likeness (QED) is 0.611. The molecule has 0 aromatic rings. The predicted molar refractivity (Wildman–Crippen MR) is 60.8 cm³/mol. The summed E-state index contributed by atoms with van der Waals surface area (Å²) < 4.78 is 0. The first kappa shape index (κ1) is 13.0. The molecule has 0 aromatic heterocycles. The highest BCUT2D eigenvalue weighted by Crippen LogP contribution is 2.21. The van der Waals surface area contributed by atoms with E-state index in [2.05, 4.69) is 6.92 Å². The molecule has 2 N–H and O–H groups in total. The maximum Gasteiger partial charge on any atom is 0.00645 e. The maximum absolute atomic E-state index is 5.78. The zero-order valence-corrected chi connectivity index (χ0v) is 9.68. The zero-order chi connectivity index (χ0) is 10.1. The molecule has 2 atom stereocenters. The van der Waals surface area contributed by atoms with E-state index >= 15 is 0 Å². The van der Waals surface area contributed by atoms with Crippen molar-refractivity contribution in [2.24, 2.45) is 11.7 Å². The molecule has 0 bridgehead atoms. The van der Waals surface area contributed by atoms with Gasteiger partial charge in [-0.15, -0.1) is 0 Å². The highest BCUT2D eigenvalue weighted by atomic mass is 14.6. The standard InChI is InChI=1S/C7H15N.C3H6.C2H6/c1-6-4-2-3-5-7(6)8;1-2-3-1;1-2/h6-7H,2-5,8H2,1H3;1-3H2;1-2H3. The molecule has 0 radical (unpaired) electrons. The van der Waals surface area contributed by atoms with Crippen molar-refractivity contribution in [1.29, 1.82) is 0 Å². The van der Waals surface area contributed by atoms with Crippen LogP contribution in [0.15, 0.2) is 0 Å². The topological polar surface area (TPSA) is 26.0 Å². The fraction of sp³-hybridized carbons (Fsp3) is 1.00. The smallest absolute Gasteiger partial charge is 0.00645 e. The van der Waals surface area contributed by atoms with E-state index in [1.807, 2.05) is 13.8 Å². The van der Waals surface area contributed by atoms with Gasteiger partial charge in [0.1, 0.15) is 0 Å². The Bertz CT molecular complexity index is 86.5. The Balaban J connectivity index is 0.000000239. The van der Waals surface area contributed by atoms with Crippen molar-refractivity contribution in [3.8, 4) is 0 Å². The first-order chi connectivity index (χ1) is 6.30. The average molecular weight is 185 g/mol. The Hall–Kier alpha value is -0.0400. The normalized spacial score (nSPS) is 30.5. The van der Waals surface area contributed by atoms with Crippen molar-refractivity contribution in [3.05, 3.63) is 0 Å². The van der Waals surface area contributed by atoms with Crippen LogP contribution in [0.5, 0.6) is 0 Å². The van der Waals surface area contributed by atoms with Crippen LogP contribution >= 0.6 is 0 Å². The molecule has 2 aliphatic carbocycles. The van der Waals surface area contributed by atoms with Crippen LogP contribution in [0.25, 0.3) is 0 Å². The van der Waals surface area contributed by atoms with Gasteiger partial charge >= 0.3 is 0 Å². The van der Waals surface area contributed by atoms with Gasteiger partial charge in [0, 0.05) is 6.04 Å². The van der Waals surface area contributed by atoms with E-state index in [0.717, 1.165) is 5.92 Å². The van der Waals surface area contributed by atoms with Crippen LogP contribution in [0.1, 0.15) is 65.7 Å². The molecular formula is C12H27N. The monoisotopic (exact) mass is 185 g/mol. The Morgan fingerprint density at radius 2 is 1.31 bits per heavy atom. The third kappa shape index (κ3) is 8.29. The summed E-state index contributed by atoms with van der Waals surface area (Å²) in [5.74, 6) is 0.781. The first-order valence-electron chi connectivity index (χ1n) is 6.06. The molecule has 2 unspecified atom stereocenters. The van der Waals surface area contributed by atoms with Crippen molar-refractivity contribution >= 4 is 0 Å². The van der Waals surface area contributed by atoms with Crippen LogP contribution < -0.4 is 5.73 Å². The second-order valence-corrected chi connectivity index (χ2v) is 3.99. The number of hydrogen-bond donors (Lipinski definition) is 1. The lowest BCUT2D eigenvalue weighted by atomic mass is 9.87. The lowest BCUT2D eigenvalue weighted by Gasteiger charge is -2.24. The molecule has 2 fully saturated rings. The number of rotatable bonds is 0. The van der Waals surface area contributed by atoms with Crippen LogP contribution in [0.2, 0.25) is 0 Å². The second-order valence-electron chi connectivity index (χ2n) is 3.99. The first-order valence-corrected chi connectivity index (χ1v) is 6.06. The molecule has 0 saturated heterocycles. The molecule has 2 aliphatic rings. The molecule has 13 heavy (non-hydrogen) atoms. The van der Waals surface area contributed by atoms with Gasteiger partial charge in [0.15, 0.2) is 0 Å². The largest absolute Gasteiger partial charge is 0.327 e. The number of nitrogens with two attached hydrogens (primary N) is 1. The Labute approximate surface area is 84.1 Å². The molecule has 1 nitrogen and oxygen atoms in total. The summed E-state index contributed by atoms with van der Waals surface area (Å²) in [6, 6.07) is 0.503. The van der Waals surface area contributed by atoms with Gasteiger partial charge in [-0.1, -0.05) is 52.9 Å². The van der Waals surface area contributed by atoms with Crippen LogP contribution in [0, 0.1) is 5.92 Å². The minimum atomic E-state index is 0.503. The van der Waals surface area contributed by atoms with Gasteiger partial charge in [0.25, 0.3) is 0 Å². The molecule has 2 rings (SSSR count). The van der Waals surface area contributed by atoms with Gasteiger partial charge in [0.05, 0.1) is 0 Å². The molecule has 80 valence electrons. The zero-order valence-electron chi connectivity index (χ0n) is 9.68. The van der Waals surface area contributed by atoms with Crippen LogP contribution in [0.3, 0.4) is 0 Å². The van der Waals surface area contributed by atoms with Crippen LogP contribution in [0.4, 0.5) is 0 Å². The van der Waals surface area contributed by atoms with E-state index in [9.17, 15) is 0 Å². The van der Waals surface area contributed by atoms with Gasteiger partial charge in [-0.3, -0.25) is 0 Å². The minimum absolute atomic E-state index is 0.503. The third-order valence-corrected chi connectivity index (χ3v) is 2.53. The Kier molecular flexibility index (Phi) is 8.53. The molecule has 0 aliphatic heterocycles. The summed E-state index contributed by atoms with van der Waals surface area (Å²) in [6.07, 6.45) is 9.85. The lowest BCUT2D eigenvalue weighted by Crippen LogP contribution is -2.30. The van der Waals surface area contributed by atoms with Crippen molar-refractivity contribution in [1.82, 2.24) is 0 Å². The van der Waals surface area contributed by atoms with Crippen LogP contribution in [-0.4, -0.2) is 6.04 Å². The SMILES string of the molecule is C1CC1.CC.CC1CCCCC1N.